The Balaban J connectivity index is 1.77. The van der Waals surface area contributed by atoms with Crippen LogP contribution >= 0.6 is 0 Å². The van der Waals surface area contributed by atoms with Crippen molar-refractivity contribution in [1.29, 1.82) is 0 Å². The fourth-order valence-electron chi connectivity index (χ4n) is 3.20. The minimum Gasteiger partial charge on any atom is -0.466 e. The summed E-state index contributed by atoms with van der Waals surface area (Å²) >= 11 is 0. The molecule has 1 aliphatic carbocycles. The maximum atomic E-state index is 12.4. The number of hydrogen-bond acceptors (Lipinski definition) is 6. The van der Waals surface area contributed by atoms with Gasteiger partial charge < -0.3 is 10.1 Å². The van der Waals surface area contributed by atoms with E-state index in [2.05, 4.69) is 20.6 Å². The molecule has 2 heterocycles. The number of rotatable bonds is 6. The molecule has 0 bridgehead atoms. The van der Waals surface area contributed by atoms with Gasteiger partial charge in [0, 0.05) is 13.0 Å². The van der Waals surface area contributed by atoms with Crippen molar-refractivity contribution in [2.75, 3.05) is 18.5 Å². The van der Waals surface area contributed by atoms with E-state index in [1.165, 1.54) is 0 Å². The van der Waals surface area contributed by atoms with Crippen LogP contribution in [0.4, 0.5) is 5.82 Å². The maximum Gasteiger partial charge on any atom is 0.313 e. The van der Waals surface area contributed by atoms with Crippen LogP contribution in [-0.2, 0) is 16.0 Å². The molecule has 0 saturated heterocycles. The van der Waals surface area contributed by atoms with Crippen LogP contribution < -0.4 is 5.32 Å². The summed E-state index contributed by atoms with van der Waals surface area (Å²) in [6, 6.07) is 3.75. The smallest absolute Gasteiger partial charge is 0.313 e. The molecule has 23 heavy (non-hydrogen) atoms. The summed E-state index contributed by atoms with van der Waals surface area (Å²) in [6.45, 7) is 4.84. The minimum atomic E-state index is -0.423. The Morgan fingerprint density at radius 2 is 2.09 bits per heavy atom. The lowest BCUT2D eigenvalue weighted by atomic mass is 9.86. The highest BCUT2D eigenvalue weighted by Gasteiger charge is 2.42. The van der Waals surface area contributed by atoms with Crippen LogP contribution in [0.1, 0.15) is 45.4 Å². The fourth-order valence-corrected chi connectivity index (χ4v) is 3.20. The molecular weight excluding hydrogens is 294 g/mol. The van der Waals surface area contributed by atoms with Gasteiger partial charge in [0.15, 0.2) is 11.5 Å². The van der Waals surface area contributed by atoms with Crippen LogP contribution in [0.2, 0.25) is 0 Å². The van der Waals surface area contributed by atoms with Gasteiger partial charge in [-0.2, -0.15) is 4.52 Å². The number of nitrogens with one attached hydrogen (secondary N) is 1. The highest BCUT2D eigenvalue weighted by molar-refractivity contribution is 5.78. The first kappa shape index (κ1) is 15.7. The number of aromatic nitrogens is 4. The number of hydrogen-bond donors (Lipinski definition) is 1. The summed E-state index contributed by atoms with van der Waals surface area (Å²) in [5.41, 5.74) is 0.307. The first-order chi connectivity index (χ1) is 11.2. The van der Waals surface area contributed by atoms with Gasteiger partial charge in [0.2, 0.25) is 0 Å². The van der Waals surface area contributed by atoms with Gasteiger partial charge in [0.1, 0.15) is 5.82 Å². The molecule has 0 aromatic carbocycles. The van der Waals surface area contributed by atoms with E-state index in [-0.39, 0.29) is 5.97 Å². The summed E-state index contributed by atoms with van der Waals surface area (Å²) in [5.74, 6) is 1.46. The first-order valence-corrected chi connectivity index (χ1v) is 8.31. The number of aryl methyl sites for hydroxylation is 1. The molecule has 3 rings (SSSR count). The van der Waals surface area contributed by atoms with Crippen LogP contribution in [0.15, 0.2) is 12.1 Å². The highest BCUT2D eigenvalue weighted by atomic mass is 16.5. The summed E-state index contributed by atoms with van der Waals surface area (Å²) in [5, 5.41) is 16.0. The van der Waals surface area contributed by atoms with Gasteiger partial charge in [0.05, 0.1) is 12.0 Å². The predicted molar refractivity (Wildman–Crippen MR) is 86.2 cm³/mol. The van der Waals surface area contributed by atoms with E-state index in [0.29, 0.717) is 13.2 Å². The van der Waals surface area contributed by atoms with Gasteiger partial charge in [-0.15, -0.1) is 15.3 Å². The number of ether oxygens (including phenoxy) is 1. The van der Waals surface area contributed by atoms with Gasteiger partial charge in [0.25, 0.3) is 0 Å². The number of esters is 1. The van der Waals surface area contributed by atoms with Crippen molar-refractivity contribution in [3.05, 3.63) is 18.0 Å². The minimum absolute atomic E-state index is 0.0929. The van der Waals surface area contributed by atoms with E-state index in [0.717, 1.165) is 49.4 Å². The SMILES string of the molecule is CCOC(=O)C1(CNc2ccc3nnc(CC)n3n2)CCCC1. The molecular formula is C16H23N5O2. The Bertz CT molecular complexity index is 691. The topological polar surface area (TPSA) is 81.4 Å². The van der Waals surface area contributed by atoms with Crippen LogP contribution in [0.5, 0.6) is 0 Å². The van der Waals surface area contributed by atoms with E-state index in [1.807, 2.05) is 26.0 Å². The lowest BCUT2D eigenvalue weighted by Crippen LogP contribution is -2.37. The van der Waals surface area contributed by atoms with Crippen molar-refractivity contribution < 1.29 is 9.53 Å². The Morgan fingerprint density at radius 3 is 2.78 bits per heavy atom. The second-order valence-electron chi connectivity index (χ2n) is 6.02. The summed E-state index contributed by atoms with van der Waals surface area (Å²) in [7, 11) is 0. The van der Waals surface area contributed by atoms with Gasteiger partial charge >= 0.3 is 5.97 Å². The average molecular weight is 317 g/mol. The number of carbonyl (C=O) groups is 1. The number of fused-ring (bicyclic) bond motifs is 1. The van der Waals surface area contributed by atoms with Crippen molar-refractivity contribution in [1.82, 2.24) is 19.8 Å². The summed E-state index contributed by atoms with van der Waals surface area (Å²) < 4.78 is 7.03. The molecule has 7 nitrogen and oxygen atoms in total. The molecule has 1 N–H and O–H groups in total. The number of anilines is 1. The van der Waals surface area contributed by atoms with Crippen molar-refractivity contribution in [3.63, 3.8) is 0 Å². The third kappa shape index (κ3) is 3.00. The van der Waals surface area contributed by atoms with Gasteiger partial charge in [-0.05, 0) is 31.9 Å². The molecule has 1 aliphatic rings. The van der Waals surface area contributed by atoms with Crippen LogP contribution in [-0.4, -0.2) is 38.9 Å². The largest absolute Gasteiger partial charge is 0.466 e. The lowest BCUT2D eigenvalue weighted by molar-refractivity contribution is -0.154. The van der Waals surface area contributed by atoms with E-state index in [9.17, 15) is 4.79 Å². The molecule has 0 unspecified atom stereocenters. The molecule has 0 spiro atoms. The zero-order chi connectivity index (χ0) is 16.3. The summed E-state index contributed by atoms with van der Waals surface area (Å²) in [4.78, 5) is 12.4. The van der Waals surface area contributed by atoms with Crippen molar-refractivity contribution in [3.8, 4) is 0 Å². The molecule has 2 aromatic heterocycles. The molecule has 0 radical (unpaired) electrons. The van der Waals surface area contributed by atoms with Gasteiger partial charge in [-0.25, -0.2) is 0 Å². The van der Waals surface area contributed by atoms with Crippen molar-refractivity contribution in [2.24, 2.45) is 5.41 Å². The fraction of sp³-hybridized carbons (Fsp3) is 0.625. The quantitative estimate of drug-likeness (QED) is 0.823. The van der Waals surface area contributed by atoms with Crippen LogP contribution in [0.3, 0.4) is 0 Å². The molecule has 0 aliphatic heterocycles. The third-order valence-electron chi connectivity index (χ3n) is 4.52. The second kappa shape index (κ2) is 6.52. The average Bonchev–Trinajstić information content (AvgIpc) is 3.20. The predicted octanol–water partition coefficient (Wildman–Crippen LogP) is 2.22. The zero-order valence-electron chi connectivity index (χ0n) is 13.7. The molecule has 7 heteroatoms. The third-order valence-corrected chi connectivity index (χ3v) is 4.52. The Labute approximate surface area is 135 Å². The molecule has 2 aromatic rings. The highest BCUT2D eigenvalue weighted by Crippen LogP contribution is 2.39. The first-order valence-electron chi connectivity index (χ1n) is 8.31. The monoisotopic (exact) mass is 317 g/mol. The number of nitrogens with zero attached hydrogens (tertiary/aromatic N) is 4. The Kier molecular flexibility index (Phi) is 4.45. The molecule has 1 fully saturated rings. The molecule has 0 amide bonds. The second-order valence-corrected chi connectivity index (χ2v) is 6.02. The van der Waals surface area contributed by atoms with E-state index >= 15 is 0 Å². The maximum absolute atomic E-state index is 12.4. The van der Waals surface area contributed by atoms with E-state index in [4.69, 9.17) is 4.74 Å². The Hall–Kier alpha value is -2.18. The molecule has 0 atom stereocenters. The van der Waals surface area contributed by atoms with Crippen molar-refractivity contribution in [2.45, 2.75) is 46.0 Å². The van der Waals surface area contributed by atoms with Crippen molar-refractivity contribution >= 4 is 17.4 Å². The number of carbonyl (C=O) groups excluding carboxylic acids is 1. The normalized spacial score (nSPS) is 16.6. The van der Waals surface area contributed by atoms with E-state index < -0.39 is 5.41 Å². The molecule has 1 saturated carbocycles. The Morgan fingerprint density at radius 1 is 1.30 bits per heavy atom. The zero-order valence-corrected chi connectivity index (χ0v) is 13.7. The summed E-state index contributed by atoms with van der Waals surface area (Å²) in [6.07, 6.45) is 4.64. The van der Waals surface area contributed by atoms with Gasteiger partial charge in [-0.3, -0.25) is 4.79 Å². The standard InChI is InChI=1S/C16H23N5O2/c1-3-13-18-19-14-8-7-12(20-21(13)14)17-11-16(9-5-6-10-16)15(22)23-4-2/h7-8H,3-6,9-11H2,1-2H3,(H,17,20). The van der Waals surface area contributed by atoms with Gasteiger partial charge in [-0.1, -0.05) is 19.8 Å². The molecule has 124 valence electrons. The van der Waals surface area contributed by atoms with Crippen LogP contribution in [0, 0.1) is 5.41 Å². The lowest BCUT2D eigenvalue weighted by Gasteiger charge is -2.26. The van der Waals surface area contributed by atoms with Crippen LogP contribution in [0.25, 0.3) is 5.65 Å². The van der Waals surface area contributed by atoms with E-state index in [1.54, 1.807) is 4.52 Å².